The fraction of sp³-hybridized carbons (Fsp3) is 0.211. The SMILES string of the molecule is Clc1ccc(Nc2cnnc(Nc3ccc(N4CCCC4)cc3)n2)cc1. The van der Waals surface area contributed by atoms with E-state index in [1.54, 1.807) is 6.20 Å². The highest BCUT2D eigenvalue weighted by Gasteiger charge is 2.12. The maximum Gasteiger partial charge on any atom is 0.249 e. The zero-order valence-corrected chi connectivity index (χ0v) is 14.9. The summed E-state index contributed by atoms with van der Waals surface area (Å²) in [5.41, 5.74) is 3.07. The fourth-order valence-electron chi connectivity index (χ4n) is 2.96. The number of aromatic nitrogens is 3. The minimum Gasteiger partial charge on any atom is -0.372 e. The molecule has 0 atom stereocenters. The van der Waals surface area contributed by atoms with Gasteiger partial charge in [0.1, 0.15) is 0 Å². The number of anilines is 5. The van der Waals surface area contributed by atoms with E-state index in [2.05, 4.69) is 42.8 Å². The van der Waals surface area contributed by atoms with Gasteiger partial charge in [-0.3, -0.25) is 0 Å². The topological polar surface area (TPSA) is 66.0 Å². The van der Waals surface area contributed by atoms with Crippen LogP contribution in [0.5, 0.6) is 0 Å². The first-order valence-corrected chi connectivity index (χ1v) is 8.98. The summed E-state index contributed by atoms with van der Waals surface area (Å²) in [6.07, 6.45) is 4.12. The molecule has 1 saturated heterocycles. The Bertz CT molecular complexity index is 860. The second-order valence-corrected chi connectivity index (χ2v) is 6.60. The lowest BCUT2D eigenvalue weighted by Gasteiger charge is -2.17. The summed E-state index contributed by atoms with van der Waals surface area (Å²) in [4.78, 5) is 6.85. The molecule has 0 saturated carbocycles. The van der Waals surface area contributed by atoms with Crippen LogP contribution in [0.3, 0.4) is 0 Å². The van der Waals surface area contributed by atoms with Crippen molar-refractivity contribution in [3.05, 3.63) is 59.8 Å². The molecule has 0 unspecified atom stereocenters. The molecule has 2 N–H and O–H groups in total. The first kappa shape index (κ1) is 16.6. The summed E-state index contributed by atoms with van der Waals surface area (Å²) in [6, 6.07) is 15.7. The zero-order chi connectivity index (χ0) is 17.8. The highest BCUT2D eigenvalue weighted by Crippen LogP contribution is 2.23. The van der Waals surface area contributed by atoms with Crippen molar-refractivity contribution in [3.8, 4) is 0 Å². The van der Waals surface area contributed by atoms with Crippen LogP contribution in [0.15, 0.2) is 54.7 Å². The molecule has 0 spiro atoms. The highest BCUT2D eigenvalue weighted by molar-refractivity contribution is 6.30. The van der Waals surface area contributed by atoms with Crippen LogP contribution < -0.4 is 15.5 Å². The molecule has 3 aromatic rings. The normalized spacial score (nSPS) is 13.7. The summed E-state index contributed by atoms with van der Waals surface area (Å²) in [6.45, 7) is 2.27. The Morgan fingerprint density at radius 2 is 1.50 bits per heavy atom. The van der Waals surface area contributed by atoms with Crippen molar-refractivity contribution in [1.29, 1.82) is 0 Å². The van der Waals surface area contributed by atoms with Gasteiger partial charge in [0, 0.05) is 35.2 Å². The fourth-order valence-corrected chi connectivity index (χ4v) is 3.08. The average molecular weight is 367 g/mol. The van der Waals surface area contributed by atoms with E-state index in [1.165, 1.54) is 18.5 Å². The summed E-state index contributed by atoms with van der Waals surface area (Å²) >= 11 is 5.90. The van der Waals surface area contributed by atoms with Gasteiger partial charge < -0.3 is 15.5 Å². The highest BCUT2D eigenvalue weighted by atomic mass is 35.5. The molecule has 2 aromatic carbocycles. The Morgan fingerprint density at radius 3 is 2.23 bits per heavy atom. The van der Waals surface area contributed by atoms with E-state index >= 15 is 0 Å². The molecule has 2 heterocycles. The third kappa shape index (κ3) is 4.03. The molecule has 6 nitrogen and oxygen atoms in total. The van der Waals surface area contributed by atoms with Crippen LogP contribution in [-0.4, -0.2) is 28.3 Å². The van der Waals surface area contributed by atoms with Crippen LogP contribution in [-0.2, 0) is 0 Å². The molecule has 1 fully saturated rings. The lowest BCUT2D eigenvalue weighted by Crippen LogP contribution is -2.17. The molecule has 4 rings (SSSR count). The maximum absolute atomic E-state index is 5.90. The number of rotatable bonds is 5. The molecular formula is C19H19ClN6. The summed E-state index contributed by atoms with van der Waals surface area (Å²) in [5, 5.41) is 15.1. The predicted octanol–water partition coefficient (Wildman–Crippen LogP) is 4.61. The van der Waals surface area contributed by atoms with Crippen molar-refractivity contribution in [2.45, 2.75) is 12.8 Å². The third-order valence-corrected chi connectivity index (χ3v) is 4.52. The second kappa shape index (κ2) is 7.58. The molecule has 26 heavy (non-hydrogen) atoms. The van der Waals surface area contributed by atoms with E-state index in [1.807, 2.05) is 36.4 Å². The first-order chi connectivity index (χ1) is 12.8. The number of hydrogen-bond acceptors (Lipinski definition) is 6. The largest absolute Gasteiger partial charge is 0.372 e. The second-order valence-electron chi connectivity index (χ2n) is 6.16. The summed E-state index contributed by atoms with van der Waals surface area (Å²) in [5.74, 6) is 1.05. The lowest BCUT2D eigenvalue weighted by molar-refractivity contribution is 0.949. The predicted molar refractivity (Wildman–Crippen MR) is 106 cm³/mol. The van der Waals surface area contributed by atoms with Crippen LogP contribution in [0.4, 0.5) is 28.8 Å². The third-order valence-electron chi connectivity index (χ3n) is 4.27. The summed E-state index contributed by atoms with van der Waals surface area (Å²) < 4.78 is 0. The number of nitrogens with one attached hydrogen (secondary N) is 2. The lowest BCUT2D eigenvalue weighted by atomic mass is 10.2. The van der Waals surface area contributed by atoms with Crippen LogP contribution in [0.1, 0.15) is 12.8 Å². The molecule has 132 valence electrons. The molecule has 1 aliphatic rings. The molecule has 7 heteroatoms. The van der Waals surface area contributed by atoms with Gasteiger partial charge in [0.05, 0.1) is 6.20 Å². The smallest absolute Gasteiger partial charge is 0.249 e. The van der Waals surface area contributed by atoms with Gasteiger partial charge in [0.2, 0.25) is 5.95 Å². The quantitative estimate of drug-likeness (QED) is 0.687. The van der Waals surface area contributed by atoms with E-state index in [-0.39, 0.29) is 0 Å². The van der Waals surface area contributed by atoms with E-state index in [9.17, 15) is 0 Å². The van der Waals surface area contributed by atoms with Crippen LogP contribution in [0, 0.1) is 0 Å². The van der Waals surface area contributed by atoms with Crippen molar-refractivity contribution < 1.29 is 0 Å². The zero-order valence-electron chi connectivity index (χ0n) is 14.2. The number of hydrogen-bond donors (Lipinski definition) is 2. The maximum atomic E-state index is 5.90. The van der Waals surface area contributed by atoms with Gasteiger partial charge in [-0.1, -0.05) is 11.6 Å². The number of benzene rings is 2. The van der Waals surface area contributed by atoms with Crippen LogP contribution in [0.2, 0.25) is 5.02 Å². The Morgan fingerprint density at radius 1 is 0.846 bits per heavy atom. The standard InChI is InChI=1S/C19H19ClN6/c20-14-3-5-15(6-4-14)22-18-13-21-25-19(24-18)23-16-7-9-17(10-8-16)26-11-1-2-12-26/h3-10,13H,1-2,11-12H2,(H2,22,23,24,25). The van der Waals surface area contributed by atoms with Crippen LogP contribution >= 0.6 is 11.6 Å². The van der Waals surface area contributed by atoms with Crippen molar-refractivity contribution in [2.75, 3.05) is 28.6 Å². The number of halogens is 1. The van der Waals surface area contributed by atoms with Gasteiger partial charge in [-0.05, 0) is 61.4 Å². The van der Waals surface area contributed by atoms with Gasteiger partial charge in [-0.25, -0.2) is 0 Å². The Balaban J connectivity index is 1.44. The monoisotopic (exact) mass is 366 g/mol. The molecule has 1 aromatic heterocycles. The molecule has 0 amide bonds. The molecular weight excluding hydrogens is 348 g/mol. The molecule has 0 bridgehead atoms. The van der Waals surface area contributed by atoms with Crippen molar-refractivity contribution in [1.82, 2.24) is 15.2 Å². The average Bonchev–Trinajstić information content (AvgIpc) is 3.19. The Labute approximate surface area is 157 Å². The molecule has 0 radical (unpaired) electrons. The Hall–Kier alpha value is -2.86. The van der Waals surface area contributed by atoms with E-state index in [0.717, 1.165) is 24.5 Å². The molecule has 1 aliphatic heterocycles. The number of nitrogens with zero attached hydrogens (tertiary/aromatic N) is 4. The first-order valence-electron chi connectivity index (χ1n) is 8.61. The van der Waals surface area contributed by atoms with Gasteiger partial charge in [-0.2, -0.15) is 10.1 Å². The van der Waals surface area contributed by atoms with Crippen molar-refractivity contribution in [2.24, 2.45) is 0 Å². The Kier molecular flexibility index (Phi) is 4.84. The van der Waals surface area contributed by atoms with Gasteiger partial charge in [0.15, 0.2) is 5.82 Å². The van der Waals surface area contributed by atoms with Gasteiger partial charge >= 0.3 is 0 Å². The van der Waals surface area contributed by atoms with E-state index < -0.39 is 0 Å². The van der Waals surface area contributed by atoms with Gasteiger partial charge in [0.25, 0.3) is 0 Å². The van der Waals surface area contributed by atoms with E-state index in [4.69, 9.17) is 11.6 Å². The summed E-state index contributed by atoms with van der Waals surface area (Å²) in [7, 11) is 0. The van der Waals surface area contributed by atoms with Gasteiger partial charge in [-0.15, -0.1) is 5.10 Å². The minimum absolute atomic E-state index is 0.442. The molecule has 0 aliphatic carbocycles. The van der Waals surface area contributed by atoms with Crippen LogP contribution in [0.25, 0.3) is 0 Å². The van der Waals surface area contributed by atoms with Crippen molar-refractivity contribution in [3.63, 3.8) is 0 Å². The minimum atomic E-state index is 0.442. The van der Waals surface area contributed by atoms with Crippen molar-refractivity contribution >= 4 is 40.4 Å². The van der Waals surface area contributed by atoms with E-state index in [0.29, 0.717) is 16.8 Å².